The van der Waals surface area contributed by atoms with E-state index in [-0.39, 0.29) is 35.7 Å². The van der Waals surface area contributed by atoms with Gasteiger partial charge in [-0.2, -0.15) is 4.31 Å². The predicted molar refractivity (Wildman–Crippen MR) is 128 cm³/mol. The number of nitrogens with zero attached hydrogens (tertiary/aromatic N) is 2. The SMILES string of the molecule is CC(NC(=O)C1CCN(S(=O)(=O)c2ccc(Cl)cc2)CC1)C(=O)N1CCCc2ccccc21. The molecular weight excluding hydrogens is 462 g/mol. The maximum Gasteiger partial charge on any atom is 0.249 e. The molecule has 1 fully saturated rings. The van der Waals surface area contributed by atoms with Crippen molar-refractivity contribution in [2.75, 3.05) is 24.5 Å². The van der Waals surface area contributed by atoms with Gasteiger partial charge in [0, 0.05) is 36.3 Å². The second-order valence-electron chi connectivity index (χ2n) is 8.58. The number of halogens is 1. The number of benzene rings is 2. The van der Waals surface area contributed by atoms with E-state index in [4.69, 9.17) is 11.6 Å². The number of aryl methyl sites for hydroxylation is 1. The Morgan fingerprint density at radius 3 is 2.39 bits per heavy atom. The molecule has 0 spiro atoms. The molecule has 1 saturated heterocycles. The van der Waals surface area contributed by atoms with Gasteiger partial charge in [0.2, 0.25) is 21.8 Å². The Morgan fingerprint density at radius 1 is 1.03 bits per heavy atom. The summed E-state index contributed by atoms with van der Waals surface area (Å²) in [6, 6.07) is 13.3. The lowest BCUT2D eigenvalue weighted by Gasteiger charge is -2.33. The first-order chi connectivity index (χ1) is 15.8. The van der Waals surface area contributed by atoms with Gasteiger partial charge in [0.25, 0.3) is 0 Å². The number of sulfonamides is 1. The van der Waals surface area contributed by atoms with E-state index in [2.05, 4.69) is 5.32 Å². The molecule has 0 bridgehead atoms. The number of hydrogen-bond acceptors (Lipinski definition) is 4. The van der Waals surface area contributed by atoms with E-state index in [1.54, 1.807) is 24.0 Å². The summed E-state index contributed by atoms with van der Waals surface area (Å²) in [5.74, 6) is -0.659. The fraction of sp³-hybridized carbons (Fsp3) is 0.417. The van der Waals surface area contributed by atoms with Gasteiger partial charge in [-0.05, 0) is 68.5 Å². The standard InChI is InChI=1S/C24H28ClN3O4S/c1-17(24(30)28-14-4-6-18-5-2-3-7-22(18)28)26-23(29)19-12-15-27(16-13-19)33(31,32)21-10-8-20(25)9-11-21/h2-3,5,7-11,17,19H,4,6,12-16H2,1H3,(H,26,29). The Hall–Kier alpha value is -2.42. The second-order valence-corrected chi connectivity index (χ2v) is 11.0. The van der Waals surface area contributed by atoms with Crippen LogP contribution in [0.2, 0.25) is 5.02 Å². The topological polar surface area (TPSA) is 86.8 Å². The lowest BCUT2D eigenvalue weighted by Crippen LogP contribution is -2.51. The number of hydrogen-bond donors (Lipinski definition) is 1. The molecule has 2 aliphatic heterocycles. The van der Waals surface area contributed by atoms with Gasteiger partial charge >= 0.3 is 0 Å². The van der Waals surface area contributed by atoms with Crippen molar-refractivity contribution >= 4 is 39.1 Å². The van der Waals surface area contributed by atoms with Crippen LogP contribution in [0, 0.1) is 5.92 Å². The molecular formula is C24H28ClN3O4S. The first-order valence-corrected chi connectivity index (χ1v) is 13.0. The van der Waals surface area contributed by atoms with Crippen LogP contribution in [0.1, 0.15) is 31.7 Å². The lowest BCUT2D eigenvalue weighted by atomic mass is 9.96. The van der Waals surface area contributed by atoms with Gasteiger partial charge in [-0.1, -0.05) is 29.8 Å². The molecule has 2 amide bonds. The van der Waals surface area contributed by atoms with Crippen LogP contribution in [-0.4, -0.2) is 50.2 Å². The maximum absolute atomic E-state index is 13.1. The molecule has 2 aromatic rings. The number of piperidine rings is 1. The van der Waals surface area contributed by atoms with E-state index < -0.39 is 16.1 Å². The Balaban J connectivity index is 1.34. The smallest absolute Gasteiger partial charge is 0.249 e. The summed E-state index contributed by atoms with van der Waals surface area (Å²) in [7, 11) is -3.63. The normalized spacial score (nSPS) is 18.4. The van der Waals surface area contributed by atoms with Crippen LogP contribution in [0.5, 0.6) is 0 Å². The van der Waals surface area contributed by atoms with E-state index in [0.717, 1.165) is 24.1 Å². The predicted octanol–water partition coefficient (Wildman–Crippen LogP) is 3.22. The minimum absolute atomic E-state index is 0.127. The highest BCUT2D eigenvalue weighted by molar-refractivity contribution is 7.89. The second kappa shape index (κ2) is 9.83. The number of anilines is 1. The summed E-state index contributed by atoms with van der Waals surface area (Å²) in [6.45, 7) is 2.85. The minimum Gasteiger partial charge on any atom is -0.344 e. The van der Waals surface area contributed by atoms with Gasteiger partial charge in [-0.15, -0.1) is 0 Å². The van der Waals surface area contributed by atoms with E-state index in [9.17, 15) is 18.0 Å². The molecule has 1 N–H and O–H groups in total. The monoisotopic (exact) mass is 489 g/mol. The minimum atomic E-state index is -3.63. The summed E-state index contributed by atoms with van der Waals surface area (Å²) < 4.78 is 27.1. The number of nitrogens with one attached hydrogen (secondary N) is 1. The molecule has 2 aliphatic rings. The first-order valence-electron chi connectivity index (χ1n) is 11.2. The van der Waals surface area contributed by atoms with Gasteiger partial charge in [0.05, 0.1) is 4.90 Å². The van der Waals surface area contributed by atoms with Crippen LogP contribution in [0.4, 0.5) is 5.69 Å². The Labute approximate surface area is 199 Å². The summed E-state index contributed by atoms with van der Waals surface area (Å²) in [4.78, 5) is 27.8. The van der Waals surface area contributed by atoms with E-state index in [1.165, 1.54) is 16.4 Å². The largest absolute Gasteiger partial charge is 0.344 e. The number of carbonyl (C=O) groups is 2. The third-order valence-electron chi connectivity index (χ3n) is 6.38. The molecule has 9 heteroatoms. The quantitative estimate of drug-likeness (QED) is 0.698. The fourth-order valence-electron chi connectivity index (χ4n) is 4.50. The van der Waals surface area contributed by atoms with Crippen molar-refractivity contribution in [2.45, 2.75) is 43.5 Å². The van der Waals surface area contributed by atoms with Gasteiger partial charge in [-0.3, -0.25) is 9.59 Å². The number of carbonyl (C=O) groups excluding carboxylic acids is 2. The van der Waals surface area contributed by atoms with Crippen molar-refractivity contribution in [1.82, 2.24) is 9.62 Å². The van der Waals surface area contributed by atoms with Crippen molar-refractivity contribution in [3.05, 3.63) is 59.1 Å². The summed E-state index contributed by atoms with van der Waals surface area (Å²) >= 11 is 5.86. The van der Waals surface area contributed by atoms with E-state index in [1.807, 2.05) is 24.3 Å². The summed E-state index contributed by atoms with van der Waals surface area (Å²) in [5, 5.41) is 3.33. The number of para-hydroxylation sites is 1. The average molecular weight is 490 g/mol. The fourth-order valence-corrected chi connectivity index (χ4v) is 6.10. The summed E-state index contributed by atoms with van der Waals surface area (Å²) in [5.41, 5.74) is 2.06. The number of fused-ring (bicyclic) bond motifs is 1. The Kier molecular flexibility index (Phi) is 7.07. The third-order valence-corrected chi connectivity index (χ3v) is 8.55. The third kappa shape index (κ3) is 5.08. The first kappa shape index (κ1) is 23.7. The molecule has 2 aromatic carbocycles. The van der Waals surface area contributed by atoms with Crippen molar-refractivity contribution < 1.29 is 18.0 Å². The van der Waals surface area contributed by atoms with Crippen LogP contribution < -0.4 is 10.2 Å². The van der Waals surface area contributed by atoms with Gasteiger partial charge in [0.15, 0.2) is 0 Å². The molecule has 4 rings (SSSR count). The highest BCUT2D eigenvalue weighted by atomic mass is 35.5. The van der Waals surface area contributed by atoms with E-state index in [0.29, 0.717) is 24.4 Å². The van der Waals surface area contributed by atoms with Crippen LogP contribution >= 0.6 is 11.6 Å². The number of amides is 2. The molecule has 1 unspecified atom stereocenters. The zero-order valence-electron chi connectivity index (χ0n) is 18.5. The molecule has 2 heterocycles. The van der Waals surface area contributed by atoms with Gasteiger partial charge in [0.1, 0.15) is 6.04 Å². The van der Waals surface area contributed by atoms with Gasteiger partial charge in [-0.25, -0.2) is 8.42 Å². The molecule has 0 radical (unpaired) electrons. The lowest BCUT2D eigenvalue weighted by molar-refractivity contribution is -0.130. The molecule has 176 valence electrons. The van der Waals surface area contributed by atoms with Crippen molar-refractivity contribution in [1.29, 1.82) is 0 Å². The van der Waals surface area contributed by atoms with Crippen molar-refractivity contribution in [2.24, 2.45) is 5.92 Å². The molecule has 1 atom stereocenters. The molecule has 0 aromatic heterocycles. The highest BCUT2D eigenvalue weighted by Crippen LogP contribution is 2.28. The molecule has 33 heavy (non-hydrogen) atoms. The van der Waals surface area contributed by atoms with Crippen LogP contribution in [0.3, 0.4) is 0 Å². The van der Waals surface area contributed by atoms with Crippen molar-refractivity contribution in [3.8, 4) is 0 Å². The Bertz CT molecular complexity index is 1130. The zero-order valence-corrected chi connectivity index (χ0v) is 20.1. The van der Waals surface area contributed by atoms with Crippen LogP contribution in [-0.2, 0) is 26.0 Å². The molecule has 0 aliphatic carbocycles. The highest BCUT2D eigenvalue weighted by Gasteiger charge is 2.34. The van der Waals surface area contributed by atoms with Gasteiger partial charge < -0.3 is 10.2 Å². The van der Waals surface area contributed by atoms with E-state index >= 15 is 0 Å². The van der Waals surface area contributed by atoms with Crippen LogP contribution in [0.25, 0.3) is 0 Å². The zero-order chi connectivity index (χ0) is 23.6. The van der Waals surface area contributed by atoms with Crippen molar-refractivity contribution in [3.63, 3.8) is 0 Å². The summed E-state index contributed by atoms with van der Waals surface area (Å²) in [6.07, 6.45) is 2.65. The molecule has 0 saturated carbocycles. The van der Waals surface area contributed by atoms with Crippen LogP contribution in [0.15, 0.2) is 53.4 Å². The average Bonchev–Trinajstić information content (AvgIpc) is 2.83. The maximum atomic E-state index is 13.1. The molecule has 7 nitrogen and oxygen atoms in total. The Morgan fingerprint density at radius 2 is 1.70 bits per heavy atom. The number of rotatable bonds is 5.